The van der Waals surface area contributed by atoms with Gasteiger partial charge in [0.05, 0.1) is 6.42 Å². The molecule has 0 aliphatic carbocycles. The molecule has 9 heteroatoms. The number of fused-ring (bicyclic) bond motifs is 2. The number of aromatic amines is 1. The second kappa shape index (κ2) is 6.75. The number of anilines is 1. The highest BCUT2D eigenvalue weighted by Gasteiger charge is 2.32. The van der Waals surface area contributed by atoms with E-state index in [1.54, 1.807) is 12.4 Å². The van der Waals surface area contributed by atoms with E-state index < -0.39 is 12.6 Å². The van der Waals surface area contributed by atoms with Gasteiger partial charge < -0.3 is 15.6 Å². The molecular weight excluding hydrogens is 383 g/mol. The SMILES string of the molecule is CC1(C)CNC(=O)c2ccc(-c3c[nH]c4nc(NCCC(F)(F)F)ncc34)cc21. The van der Waals surface area contributed by atoms with Crippen LogP contribution in [0.25, 0.3) is 22.2 Å². The summed E-state index contributed by atoms with van der Waals surface area (Å²) in [5, 5.41) is 6.25. The van der Waals surface area contributed by atoms with Crippen LogP contribution in [-0.2, 0) is 5.41 Å². The molecule has 3 aromatic rings. The lowest BCUT2D eigenvalue weighted by atomic mass is 9.78. The lowest BCUT2D eigenvalue weighted by Crippen LogP contribution is -2.43. The van der Waals surface area contributed by atoms with Gasteiger partial charge in [-0.1, -0.05) is 19.9 Å². The van der Waals surface area contributed by atoms with Crippen molar-refractivity contribution in [3.05, 3.63) is 41.7 Å². The van der Waals surface area contributed by atoms with Gasteiger partial charge in [-0.3, -0.25) is 4.79 Å². The smallest absolute Gasteiger partial charge is 0.354 e. The van der Waals surface area contributed by atoms with Crippen molar-refractivity contribution in [2.24, 2.45) is 0 Å². The molecular formula is C20H20F3N5O. The molecule has 152 valence electrons. The summed E-state index contributed by atoms with van der Waals surface area (Å²) in [5.74, 6) is 0.0566. The molecule has 1 aromatic carbocycles. The number of H-pyrrole nitrogens is 1. The molecule has 0 fully saturated rings. The zero-order chi connectivity index (χ0) is 20.8. The number of hydrogen-bond acceptors (Lipinski definition) is 4. The van der Waals surface area contributed by atoms with E-state index in [-0.39, 0.29) is 23.8 Å². The number of aromatic nitrogens is 3. The standard InChI is InChI=1S/C20H20F3N5O/c1-19(2)10-27-17(29)12-4-3-11(7-15(12)19)13-8-25-16-14(13)9-26-18(28-16)24-6-5-20(21,22)23/h3-4,7-9H,5-6,10H2,1-2H3,(H,27,29)(H2,24,25,26,28). The summed E-state index contributed by atoms with van der Waals surface area (Å²) in [7, 11) is 0. The van der Waals surface area contributed by atoms with Gasteiger partial charge in [-0.25, -0.2) is 4.98 Å². The highest BCUT2D eigenvalue weighted by atomic mass is 19.4. The van der Waals surface area contributed by atoms with E-state index in [2.05, 4.69) is 39.4 Å². The first kappa shape index (κ1) is 19.2. The van der Waals surface area contributed by atoms with Crippen molar-refractivity contribution in [1.29, 1.82) is 0 Å². The highest BCUT2D eigenvalue weighted by molar-refractivity contribution is 5.99. The summed E-state index contributed by atoms with van der Waals surface area (Å²) in [5.41, 5.74) is 3.75. The van der Waals surface area contributed by atoms with Crippen LogP contribution in [0.4, 0.5) is 19.1 Å². The second-order valence-corrected chi connectivity index (χ2v) is 7.78. The number of nitrogens with zero attached hydrogens (tertiary/aromatic N) is 2. The zero-order valence-corrected chi connectivity index (χ0v) is 15.9. The number of halogens is 3. The van der Waals surface area contributed by atoms with Crippen LogP contribution in [0, 0.1) is 0 Å². The molecule has 2 aromatic heterocycles. The van der Waals surface area contributed by atoms with E-state index >= 15 is 0 Å². The van der Waals surface area contributed by atoms with Gasteiger partial charge in [0.2, 0.25) is 5.95 Å². The predicted molar refractivity (Wildman–Crippen MR) is 104 cm³/mol. The molecule has 0 unspecified atom stereocenters. The Kier molecular flexibility index (Phi) is 4.48. The monoisotopic (exact) mass is 403 g/mol. The Balaban J connectivity index is 1.64. The number of nitrogens with one attached hydrogen (secondary N) is 3. The van der Waals surface area contributed by atoms with Gasteiger partial charge in [-0.15, -0.1) is 0 Å². The van der Waals surface area contributed by atoms with Gasteiger partial charge in [0.25, 0.3) is 5.91 Å². The highest BCUT2D eigenvalue weighted by Crippen LogP contribution is 2.35. The fraction of sp³-hybridized carbons (Fsp3) is 0.350. The first-order valence-electron chi connectivity index (χ1n) is 9.22. The van der Waals surface area contributed by atoms with E-state index in [0.29, 0.717) is 17.8 Å². The topological polar surface area (TPSA) is 82.7 Å². The van der Waals surface area contributed by atoms with E-state index in [0.717, 1.165) is 22.1 Å². The molecule has 0 saturated carbocycles. The van der Waals surface area contributed by atoms with E-state index in [1.807, 2.05) is 18.2 Å². The van der Waals surface area contributed by atoms with E-state index in [4.69, 9.17) is 0 Å². The van der Waals surface area contributed by atoms with Gasteiger partial charge in [0.1, 0.15) is 5.65 Å². The molecule has 6 nitrogen and oxygen atoms in total. The largest absolute Gasteiger partial charge is 0.390 e. The fourth-order valence-corrected chi connectivity index (χ4v) is 3.51. The Morgan fingerprint density at radius 2 is 2.03 bits per heavy atom. The summed E-state index contributed by atoms with van der Waals surface area (Å²) >= 11 is 0. The van der Waals surface area contributed by atoms with Crippen LogP contribution >= 0.6 is 0 Å². The van der Waals surface area contributed by atoms with Crippen molar-refractivity contribution < 1.29 is 18.0 Å². The Morgan fingerprint density at radius 3 is 2.79 bits per heavy atom. The van der Waals surface area contributed by atoms with Gasteiger partial charge >= 0.3 is 6.18 Å². The minimum atomic E-state index is -4.23. The summed E-state index contributed by atoms with van der Waals surface area (Å²) in [4.78, 5) is 23.6. The molecule has 0 radical (unpaired) electrons. The molecule has 3 N–H and O–H groups in total. The van der Waals surface area contributed by atoms with Crippen LogP contribution in [0.3, 0.4) is 0 Å². The summed E-state index contributed by atoms with van der Waals surface area (Å²) in [6.45, 7) is 4.43. The number of benzene rings is 1. The van der Waals surface area contributed by atoms with Crippen molar-refractivity contribution in [1.82, 2.24) is 20.3 Å². The Labute approximate surface area is 164 Å². The average Bonchev–Trinajstić information content (AvgIpc) is 3.07. The van der Waals surface area contributed by atoms with E-state index in [1.165, 1.54) is 0 Å². The van der Waals surface area contributed by atoms with Crippen LogP contribution in [-0.4, -0.2) is 40.1 Å². The average molecular weight is 403 g/mol. The Hall–Kier alpha value is -3.10. The minimum Gasteiger partial charge on any atom is -0.354 e. The molecule has 0 spiro atoms. The van der Waals surface area contributed by atoms with Crippen LogP contribution in [0.1, 0.15) is 36.2 Å². The molecule has 4 rings (SSSR count). The van der Waals surface area contributed by atoms with Crippen LogP contribution in [0.5, 0.6) is 0 Å². The maximum absolute atomic E-state index is 12.3. The number of carbonyl (C=O) groups is 1. The van der Waals surface area contributed by atoms with Gasteiger partial charge in [-0.05, 0) is 23.3 Å². The minimum absolute atomic E-state index is 0.0808. The summed E-state index contributed by atoms with van der Waals surface area (Å²) in [6, 6.07) is 5.69. The number of amides is 1. The number of alkyl halides is 3. The third-order valence-electron chi connectivity index (χ3n) is 5.12. The molecule has 1 aliphatic rings. The van der Waals surface area contributed by atoms with Crippen molar-refractivity contribution in [3.63, 3.8) is 0 Å². The first-order valence-corrected chi connectivity index (χ1v) is 9.22. The van der Waals surface area contributed by atoms with E-state index in [9.17, 15) is 18.0 Å². The number of rotatable bonds is 4. The quantitative estimate of drug-likeness (QED) is 0.615. The van der Waals surface area contributed by atoms with Crippen molar-refractivity contribution >= 4 is 22.9 Å². The van der Waals surface area contributed by atoms with Gasteiger partial charge in [0, 0.05) is 47.4 Å². The fourth-order valence-electron chi connectivity index (χ4n) is 3.51. The third-order valence-corrected chi connectivity index (χ3v) is 5.12. The van der Waals surface area contributed by atoms with Crippen LogP contribution < -0.4 is 10.6 Å². The van der Waals surface area contributed by atoms with Gasteiger partial charge in [0.15, 0.2) is 0 Å². The Bertz CT molecular complexity index is 1090. The predicted octanol–water partition coefficient (Wildman–Crippen LogP) is 4.01. The third kappa shape index (κ3) is 3.76. The molecule has 0 saturated heterocycles. The lowest BCUT2D eigenvalue weighted by Gasteiger charge is -2.32. The summed E-state index contributed by atoms with van der Waals surface area (Å²) < 4.78 is 36.9. The second-order valence-electron chi connectivity index (χ2n) is 7.78. The van der Waals surface area contributed by atoms with Gasteiger partial charge in [-0.2, -0.15) is 18.2 Å². The van der Waals surface area contributed by atoms with Crippen LogP contribution in [0.15, 0.2) is 30.6 Å². The number of hydrogen-bond donors (Lipinski definition) is 3. The van der Waals surface area contributed by atoms with Crippen LogP contribution in [0.2, 0.25) is 0 Å². The first-order chi connectivity index (χ1) is 13.6. The summed E-state index contributed by atoms with van der Waals surface area (Å²) in [6.07, 6.45) is -1.81. The normalized spacial score (nSPS) is 15.8. The molecule has 29 heavy (non-hydrogen) atoms. The van der Waals surface area contributed by atoms with Crippen molar-refractivity contribution in [2.45, 2.75) is 31.9 Å². The molecule has 0 atom stereocenters. The lowest BCUT2D eigenvalue weighted by molar-refractivity contribution is -0.131. The molecule has 1 amide bonds. The maximum atomic E-state index is 12.3. The molecule has 1 aliphatic heterocycles. The van der Waals surface area contributed by atoms with Crippen molar-refractivity contribution in [2.75, 3.05) is 18.4 Å². The Morgan fingerprint density at radius 1 is 1.24 bits per heavy atom. The van der Waals surface area contributed by atoms with Crippen molar-refractivity contribution in [3.8, 4) is 11.1 Å². The maximum Gasteiger partial charge on any atom is 0.390 e. The zero-order valence-electron chi connectivity index (χ0n) is 15.9. The number of carbonyl (C=O) groups excluding carboxylic acids is 1. The molecule has 0 bridgehead atoms. The molecule has 3 heterocycles.